The van der Waals surface area contributed by atoms with Crippen LogP contribution < -0.4 is 10.1 Å². The number of nitrogens with one attached hydrogen (secondary N) is 1. The van der Waals surface area contributed by atoms with Gasteiger partial charge in [0.15, 0.2) is 6.61 Å². The Kier molecular flexibility index (Phi) is 5.29. The summed E-state index contributed by atoms with van der Waals surface area (Å²) in [7, 11) is 0. The topological polar surface area (TPSA) is 90.1 Å². The number of pyridine rings is 1. The molecule has 0 unspecified atom stereocenters. The number of hydrogen-bond donors (Lipinski definition) is 1. The molecule has 1 N–H and O–H groups in total. The van der Waals surface area contributed by atoms with Crippen LogP contribution in [0.4, 0.5) is 5.69 Å². The number of hydrogen-bond acceptors (Lipinski definition) is 6. The third kappa shape index (κ3) is 4.30. The van der Waals surface area contributed by atoms with Crippen molar-refractivity contribution in [2.75, 3.05) is 11.9 Å². The van der Waals surface area contributed by atoms with Gasteiger partial charge in [0.2, 0.25) is 5.82 Å². The van der Waals surface area contributed by atoms with Gasteiger partial charge in [0.25, 0.3) is 11.8 Å². The Balaban J connectivity index is 1.50. The van der Waals surface area contributed by atoms with Gasteiger partial charge in [0, 0.05) is 23.6 Å². The highest BCUT2D eigenvalue weighted by Gasteiger charge is 2.16. The molecule has 0 atom stereocenters. The molecule has 2 heterocycles. The minimum absolute atomic E-state index is 0.155. The number of aromatic nitrogens is 3. The Hall–Kier alpha value is -4.00. The lowest BCUT2D eigenvalue weighted by atomic mass is 10.1. The Labute approximate surface area is 167 Å². The molecule has 2 aromatic carbocycles. The van der Waals surface area contributed by atoms with Crippen molar-refractivity contribution in [3.8, 4) is 28.6 Å². The molecule has 0 spiro atoms. The fraction of sp³-hybridized carbons (Fsp3) is 0.0909. The van der Waals surface area contributed by atoms with E-state index in [2.05, 4.69) is 20.4 Å². The molecular weight excluding hydrogens is 368 g/mol. The van der Waals surface area contributed by atoms with Crippen molar-refractivity contribution >= 4 is 11.6 Å². The first-order chi connectivity index (χ1) is 14.2. The average Bonchev–Trinajstić information content (AvgIpc) is 3.23. The maximum atomic E-state index is 12.2. The SMILES string of the molecule is Cc1ccccc1-c1noc(-c2ccccc2OCC(=O)Nc2ccncc2)n1. The van der Waals surface area contributed by atoms with Gasteiger partial charge in [-0.15, -0.1) is 0 Å². The maximum absolute atomic E-state index is 12.2. The minimum Gasteiger partial charge on any atom is -0.483 e. The van der Waals surface area contributed by atoms with Crippen molar-refractivity contribution in [3.05, 3.63) is 78.6 Å². The summed E-state index contributed by atoms with van der Waals surface area (Å²) in [6.07, 6.45) is 3.21. The molecule has 4 aromatic rings. The zero-order chi connectivity index (χ0) is 20.1. The second-order valence-corrected chi connectivity index (χ2v) is 6.31. The molecule has 0 fully saturated rings. The number of ether oxygens (including phenoxy) is 1. The van der Waals surface area contributed by atoms with E-state index in [0.29, 0.717) is 28.7 Å². The summed E-state index contributed by atoms with van der Waals surface area (Å²) in [6.45, 7) is 1.84. The van der Waals surface area contributed by atoms with Crippen molar-refractivity contribution in [2.45, 2.75) is 6.92 Å². The van der Waals surface area contributed by atoms with Crippen molar-refractivity contribution in [2.24, 2.45) is 0 Å². The quantitative estimate of drug-likeness (QED) is 0.536. The van der Waals surface area contributed by atoms with Crippen LogP contribution in [0.3, 0.4) is 0 Å². The van der Waals surface area contributed by atoms with Crippen LogP contribution in [0.25, 0.3) is 22.8 Å². The van der Waals surface area contributed by atoms with E-state index in [1.807, 2.05) is 49.4 Å². The summed E-state index contributed by atoms with van der Waals surface area (Å²) >= 11 is 0. The van der Waals surface area contributed by atoms with Gasteiger partial charge >= 0.3 is 0 Å². The number of carbonyl (C=O) groups excluding carboxylic acids is 1. The molecule has 0 saturated heterocycles. The van der Waals surface area contributed by atoms with Gasteiger partial charge in [0.1, 0.15) is 5.75 Å². The normalized spacial score (nSPS) is 10.5. The first kappa shape index (κ1) is 18.4. The van der Waals surface area contributed by atoms with Gasteiger partial charge in [-0.25, -0.2) is 0 Å². The van der Waals surface area contributed by atoms with E-state index < -0.39 is 0 Å². The Morgan fingerprint density at radius 3 is 2.52 bits per heavy atom. The van der Waals surface area contributed by atoms with Crippen LogP contribution in [0.5, 0.6) is 5.75 Å². The average molecular weight is 386 g/mol. The number of anilines is 1. The van der Waals surface area contributed by atoms with Gasteiger partial charge in [-0.2, -0.15) is 4.98 Å². The Morgan fingerprint density at radius 1 is 1.00 bits per heavy atom. The molecule has 0 aliphatic carbocycles. The molecule has 0 aliphatic rings. The first-order valence-corrected chi connectivity index (χ1v) is 9.02. The van der Waals surface area contributed by atoms with Gasteiger partial charge in [-0.05, 0) is 36.8 Å². The van der Waals surface area contributed by atoms with Gasteiger partial charge in [-0.1, -0.05) is 41.6 Å². The monoisotopic (exact) mass is 386 g/mol. The highest BCUT2D eigenvalue weighted by Crippen LogP contribution is 2.30. The van der Waals surface area contributed by atoms with Crippen molar-refractivity contribution in [1.29, 1.82) is 0 Å². The lowest BCUT2D eigenvalue weighted by Gasteiger charge is -2.09. The lowest BCUT2D eigenvalue weighted by Crippen LogP contribution is -2.20. The molecule has 2 aromatic heterocycles. The molecule has 144 valence electrons. The summed E-state index contributed by atoms with van der Waals surface area (Å²) in [4.78, 5) is 20.6. The predicted octanol–water partition coefficient (Wildman–Crippen LogP) is 4.12. The fourth-order valence-corrected chi connectivity index (χ4v) is 2.81. The van der Waals surface area contributed by atoms with E-state index in [-0.39, 0.29) is 12.5 Å². The van der Waals surface area contributed by atoms with Crippen LogP contribution in [-0.4, -0.2) is 27.6 Å². The number of nitrogens with zero attached hydrogens (tertiary/aromatic N) is 3. The number of amides is 1. The smallest absolute Gasteiger partial charge is 0.262 e. The molecular formula is C22H18N4O3. The summed E-state index contributed by atoms with van der Waals surface area (Å²) in [6, 6.07) is 18.5. The Bertz CT molecular complexity index is 1130. The minimum atomic E-state index is -0.280. The standard InChI is InChI=1S/C22H18N4O3/c1-15-6-2-3-7-17(15)21-25-22(29-26-21)18-8-4-5-9-19(18)28-14-20(27)24-16-10-12-23-13-11-16/h2-13H,14H2,1H3,(H,23,24,27). The van der Waals surface area contributed by atoms with Crippen LogP contribution in [0.1, 0.15) is 5.56 Å². The molecule has 0 aliphatic heterocycles. The third-order valence-corrected chi connectivity index (χ3v) is 4.25. The van der Waals surface area contributed by atoms with Gasteiger partial charge < -0.3 is 14.6 Å². The van der Waals surface area contributed by atoms with Crippen LogP contribution in [0.2, 0.25) is 0 Å². The largest absolute Gasteiger partial charge is 0.483 e. The lowest BCUT2D eigenvalue weighted by molar-refractivity contribution is -0.118. The number of benzene rings is 2. The maximum Gasteiger partial charge on any atom is 0.262 e. The Morgan fingerprint density at radius 2 is 1.72 bits per heavy atom. The first-order valence-electron chi connectivity index (χ1n) is 9.02. The second kappa shape index (κ2) is 8.35. The zero-order valence-corrected chi connectivity index (χ0v) is 15.7. The van der Waals surface area contributed by atoms with Gasteiger partial charge in [0.05, 0.1) is 5.56 Å². The van der Waals surface area contributed by atoms with E-state index in [1.165, 1.54) is 0 Å². The molecule has 0 bridgehead atoms. The van der Waals surface area contributed by atoms with Crippen molar-refractivity contribution < 1.29 is 14.1 Å². The second-order valence-electron chi connectivity index (χ2n) is 6.31. The van der Waals surface area contributed by atoms with Crippen LogP contribution in [-0.2, 0) is 4.79 Å². The van der Waals surface area contributed by atoms with Crippen LogP contribution >= 0.6 is 0 Å². The molecule has 29 heavy (non-hydrogen) atoms. The van der Waals surface area contributed by atoms with Crippen LogP contribution in [0, 0.1) is 6.92 Å². The number of para-hydroxylation sites is 1. The summed E-state index contributed by atoms with van der Waals surface area (Å²) in [5.74, 6) is 1.03. The summed E-state index contributed by atoms with van der Waals surface area (Å²) in [5, 5.41) is 6.84. The molecule has 4 rings (SSSR count). The van der Waals surface area contributed by atoms with E-state index >= 15 is 0 Å². The fourth-order valence-electron chi connectivity index (χ4n) is 2.81. The van der Waals surface area contributed by atoms with Crippen molar-refractivity contribution in [3.63, 3.8) is 0 Å². The summed E-state index contributed by atoms with van der Waals surface area (Å²) in [5.41, 5.74) is 3.23. The van der Waals surface area contributed by atoms with E-state index in [0.717, 1.165) is 11.1 Å². The number of rotatable bonds is 6. The highest BCUT2D eigenvalue weighted by atomic mass is 16.5. The van der Waals surface area contributed by atoms with Gasteiger partial charge in [-0.3, -0.25) is 9.78 Å². The molecule has 0 radical (unpaired) electrons. The zero-order valence-electron chi connectivity index (χ0n) is 15.7. The molecule has 7 heteroatoms. The summed E-state index contributed by atoms with van der Waals surface area (Å²) < 4.78 is 11.2. The number of aryl methyl sites for hydroxylation is 1. The predicted molar refractivity (Wildman–Crippen MR) is 108 cm³/mol. The molecule has 0 saturated carbocycles. The highest BCUT2D eigenvalue weighted by molar-refractivity contribution is 5.91. The van der Waals surface area contributed by atoms with Crippen molar-refractivity contribution in [1.82, 2.24) is 15.1 Å². The van der Waals surface area contributed by atoms with E-state index in [9.17, 15) is 4.79 Å². The molecule has 1 amide bonds. The molecule has 7 nitrogen and oxygen atoms in total. The van der Waals surface area contributed by atoms with E-state index in [4.69, 9.17) is 9.26 Å². The van der Waals surface area contributed by atoms with E-state index in [1.54, 1.807) is 30.6 Å². The number of carbonyl (C=O) groups is 1. The van der Waals surface area contributed by atoms with Crippen LogP contribution in [0.15, 0.2) is 77.6 Å². The third-order valence-electron chi connectivity index (χ3n) is 4.25.